The van der Waals surface area contributed by atoms with Crippen LogP contribution < -0.4 is 5.32 Å². The number of nitrogens with zero attached hydrogens (tertiary/aromatic N) is 1. The Kier molecular flexibility index (Phi) is 6.46. The lowest BCUT2D eigenvalue weighted by atomic mass is 10.2. The van der Waals surface area contributed by atoms with E-state index in [1.807, 2.05) is 0 Å². The van der Waals surface area contributed by atoms with Crippen molar-refractivity contribution in [2.45, 2.75) is 23.7 Å². The zero-order chi connectivity index (χ0) is 13.6. The van der Waals surface area contributed by atoms with Gasteiger partial charge in [0, 0.05) is 6.04 Å². The molecule has 0 aromatic heterocycles. The van der Waals surface area contributed by atoms with Gasteiger partial charge in [-0.15, -0.1) is 0 Å². The molecule has 8 heteroatoms. The molecule has 0 saturated carbocycles. The van der Waals surface area contributed by atoms with E-state index in [-0.39, 0.29) is 6.04 Å². The van der Waals surface area contributed by atoms with Gasteiger partial charge in [0.1, 0.15) is 12.7 Å². The molecule has 0 aliphatic heterocycles. The maximum absolute atomic E-state index is 11.4. The number of hydrogen-bond acceptors (Lipinski definition) is 4. The second kappa shape index (κ2) is 6.80. The number of alkyl halides is 3. The van der Waals surface area contributed by atoms with Gasteiger partial charge in [0.25, 0.3) is 5.91 Å². The third-order valence-corrected chi connectivity index (χ3v) is 1.67. The average molecular weight is 302 g/mol. The van der Waals surface area contributed by atoms with Gasteiger partial charge >= 0.3 is 5.95 Å². The van der Waals surface area contributed by atoms with E-state index >= 15 is 0 Å². The van der Waals surface area contributed by atoms with Gasteiger partial charge in [-0.25, -0.2) is 0 Å². The van der Waals surface area contributed by atoms with Crippen LogP contribution in [-0.2, 0) is 9.53 Å². The molecule has 0 bridgehead atoms. The molecule has 0 rings (SSSR count). The van der Waals surface area contributed by atoms with Crippen LogP contribution in [0.15, 0.2) is 11.5 Å². The molecule has 2 N–H and O–H groups in total. The van der Waals surface area contributed by atoms with E-state index in [0.29, 0.717) is 0 Å². The van der Waals surface area contributed by atoms with Crippen molar-refractivity contribution < 1.29 is 14.6 Å². The summed E-state index contributed by atoms with van der Waals surface area (Å²) in [5, 5.41) is 20.5. The lowest BCUT2D eigenvalue weighted by molar-refractivity contribution is -0.118. The fraction of sp³-hybridized carbons (Fsp3) is 0.556. The monoisotopic (exact) mass is 300 g/mol. The van der Waals surface area contributed by atoms with Gasteiger partial charge in [-0.05, 0) is 13.8 Å². The quantitative estimate of drug-likeness (QED) is 0.361. The van der Waals surface area contributed by atoms with E-state index in [1.54, 1.807) is 13.8 Å². The van der Waals surface area contributed by atoms with Crippen LogP contribution in [0.4, 0.5) is 0 Å². The number of ether oxygens (including phenoxy) is 1. The van der Waals surface area contributed by atoms with Gasteiger partial charge < -0.3 is 15.2 Å². The number of aliphatic hydroxyl groups excluding tert-OH is 1. The van der Waals surface area contributed by atoms with Crippen LogP contribution in [0.5, 0.6) is 0 Å². The molecule has 0 unspecified atom stereocenters. The molecule has 0 radical (unpaired) electrons. The number of carbonyl (C=O) groups excluding carboxylic acids is 1. The summed E-state index contributed by atoms with van der Waals surface area (Å²) in [6.45, 7) is 2.92. The number of carbonyl (C=O) groups is 1. The van der Waals surface area contributed by atoms with E-state index in [1.165, 1.54) is 6.07 Å². The summed E-state index contributed by atoms with van der Waals surface area (Å²) >= 11 is 16.1. The second-order valence-corrected chi connectivity index (χ2v) is 5.84. The smallest absolute Gasteiger partial charge is 0.301 e. The van der Waals surface area contributed by atoms with Crippen LogP contribution >= 0.6 is 34.8 Å². The number of aliphatic hydroxyl groups is 1. The summed E-state index contributed by atoms with van der Waals surface area (Å²) in [7, 11) is 0. The third kappa shape index (κ3) is 7.16. The number of amides is 1. The molecule has 0 aliphatic rings. The molecular formula is C9H11Cl3N2O3. The van der Waals surface area contributed by atoms with Crippen LogP contribution in [0, 0.1) is 11.3 Å². The zero-order valence-electron chi connectivity index (χ0n) is 9.13. The highest BCUT2D eigenvalue weighted by atomic mass is 35.6. The van der Waals surface area contributed by atoms with Crippen molar-refractivity contribution in [1.29, 1.82) is 5.26 Å². The maximum Gasteiger partial charge on any atom is 0.301 e. The van der Waals surface area contributed by atoms with Crippen LogP contribution in [0.1, 0.15) is 13.8 Å². The molecule has 1 amide bonds. The molecule has 0 saturated heterocycles. The van der Waals surface area contributed by atoms with Crippen molar-refractivity contribution in [2.24, 2.45) is 0 Å². The zero-order valence-corrected chi connectivity index (χ0v) is 11.4. The molecule has 0 fully saturated rings. The molecule has 17 heavy (non-hydrogen) atoms. The Morgan fingerprint density at radius 1 is 1.53 bits per heavy atom. The summed E-state index contributed by atoms with van der Waals surface area (Å²) in [6.07, 6.45) is 0. The molecule has 0 aliphatic carbocycles. The maximum atomic E-state index is 11.4. The van der Waals surface area contributed by atoms with Gasteiger partial charge in [-0.3, -0.25) is 4.79 Å². The normalized spacial score (nSPS) is 12.8. The molecule has 96 valence electrons. The van der Waals surface area contributed by atoms with Gasteiger partial charge in [0.05, 0.1) is 0 Å². The first-order chi connectivity index (χ1) is 7.67. The molecule has 0 aromatic carbocycles. The van der Waals surface area contributed by atoms with E-state index in [0.717, 1.165) is 0 Å². The Morgan fingerprint density at radius 3 is 2.41 bits per heavy atom. The predicted octanol–water partition coefficient (Wildman–Crippen LogP) is 2.19. The minimum atomic E-state index is -1.75. The molecular weight excluding hydrogens is 290 g/mol. The minimum absolute atomic E-state index is 0.188. The number of hydrogen-bond donors (Lipinski definition) is 2. The number of rotatable bonds is 4. The molecule has 0 aromatic rings. The van der Waals surface area contributed by atoms with Gasteiger partial charge in [-0.1, -0.05) is 34.8 Å². The van der Waals surface area contributed by atoms with Crippen molar-refractivity contribution >= 4 is 40.7 Å². The average Bonchev–Trinajstić information content (AvgIpc) is 2.13. The second-order valence-electron chi connectivity index (χ2n) is 3.32. The van der Waals surface area contributed by atoms with E-state index < -0.39 is 27.8 Å². The lowest BCUT2D eigenvalue weighted by Crippen LogP contribution is -2.32. The summed E-state index contributed by atoms with van der Waals surface area (Å²) in [4.78, 5) is 11.4. The van der Waals surface area contributed by atoms with Gasteiger partial charge in [-0.2, -0.15) is 5.26 Å². The van der Waals surface area contributed by atoms with Gasteiger partial charge in [0.2, 0.25) is 3.79 Å². The summed E-state index contributed by atoms with van der Waals surface area (Å²) in [5.74, 6) is -1.64. The fourth-order valence-electron chi connectivity index (χ4n) is 0.752. The van der Waals surface area contributed by atoms with Crippen LogP contribution in [0.3, 0.4) is 0 Å². The highest BCUT2D eigenvalue weighted by Gasteiger charge is 2.24. The first-order valence-electron chi connectivity index (χ1n) is 4.51. The number of halogens is 3. The van der Waals surface area contributed by atoms with E-state index in [2.05, 4.69) is 10.1 Å². The summed E-state index contributed by atoms with van der Waals surface area (Å²) < 4.78 is 2.87. The van der Waals surface area contributed by atoms with Crippen molar-refractivity contribution in [2.75, 3.05) is 6.61 Å². The Bertz CT molecular complexity index is 355. The highest BCUT2D eigenvalue weighted by Crippen LogP contribution is 2.26. The van der Waals surface area contributed by atoms with E-state index in [9.17, 15) is 9.90 Å². The topological polar surface area (TPSA) is 82.4 Å². The predicted molar refractivity (Wildman–Crippen MR) is 64.8 cm³/mol. The Morgan fingerprint density at radius 2 is 2.06 bits per heavy atom. The summed E-state index contributed by atoms with van der Waals surface area (Å²) in [5.41, 5.74) is -0.576. The van der Waals surface area contributed by atoms with Crippen LogP contribution in [-0.4, -0.2) is 27.5 Å². The van der Waals surface area contributed by atoms with Crippen LogP contribution in [0.2, 0.25) is 0 Å². The Hall–Kier alpha value is -0.830. The standard InChI is InChI=1S/C9H11Cl3N2O3/c1-5(2)14-7(15)6(3-13)8(16)17-4-9(10,11)12/h5,16H,4H2,1-2H3,(H,14,15)/b8-6-. The van der Waals surface area contributed by atoms with Crippen molar-refractivity contribution in [3.8, 4) is 6.07 Å². The highest BCUT2D eigenvalue weighted by molar-refractivity contribution is 6.67. The van der Waals surface area contributed by atoms with Crippen molar-refractivity contribution in [3.63, 3.8) is 0 Å². The largest absolute Gasteiger partial charge is 0.480 e. The fourth-order valence-corrected chi connectivity index (χ4v) is 0.916. The van der Waals surface area contributed by atoms with Crippen molar-refractivity contribution in [1.82, 2.24) is 5.32 Å². The summed E-state index contributed by atoms with van der Waals surface area (Å²) in [6, 6.07) is 1.32. The molecule has 0 atom stereocenters. The van der Waals surface area contributed by atoms with E-state index in [4.69, 9.17) is 40.1 Å². The van der Waals surface area contributed by atoms with Gasteiger partial charge in [0.15, 0.2) is 5.57 Å². The SMILES string of the molecule is CC(C)NC(=O)/C(C#N)=C(/O)OCC(Cl)(Cl)Cl. The number of nitriles is 1. The minimum Gasteiger partial charge on any atom is -0.480 e. The Balaban J connectivity index is 4.72. The third-order valence-electron chi connectivity index (χ3n) is 1.35. The number of nitrogens with one attached hydrogen (secondary N) is 1. The van der Waals surface area contributed by atoms with Crippen molar-refractivity contribution in [3.05, 3.63) is 11.5 Å². The first kappa shape index (κ1) is 16.2. The molecule has 0 spiro atoms. The van der Waals surface area contributed by atoms with Crippen LogP contribution in [0.25, 0.3) is 0 Å². The first-order valence-corrected chi connectivity index (χ1v) is 5.64. The lowest BCUT2D eigenvalue weighted by Gasteiger charge is -2.13. The Labute approximate surface area is 114 Å². The molecule has 0 heterocycles. The molecule has 5 nitrogen and oxygen atoms in total.